The molecule has 5 atom stereocenters. The number of benzene rings is 1. The molecule has 1 aliphatic carbocycles. The highest BCUT2D eigenvalue weighted by molar-refractivity contribution is 7.98. The molecule has 2 aliphatic rings. The number of aromatic hydroxyl groups is 1. The first-order chi connectivity index (χ1) is 15.7. The molecule has 2 N–H and O–H groups in total. The highest BCUT2D eigenvalue weighted by Gasteiger charge is 2.43. The molecule has 0 spiro atoms. The molecule has 0 bridgehead atoms. The number of nitrogens with one attached hydrogen (secondary N) is 1. The monoisotopic (exact) mass is 532 g/mol. The number of carbonyl (C=O) groups is 1. The lowest BCUT2D eigenvalue weighted by atomic mass is 9.80. The maximum Gasteiger partial charge on any atom is 0.254 e. The fraction of sp³-hybridized carbons (Fsp3) is 0.720. The highest BCUT2D eigenvalue weighted by atomic mass is 35.5. The number of carbonyl (C=O) groups excluding carboxylic acids is 1. The molecule has 1 saturated carbocycles. The minimum absolute atomic E-state index is 0.0270. The molecule has 5 unspecified atom stereocenters. The van der Waals surface area contributed by atoms with Crippen LogP contribution in [0.2, 0.25) is 10.0 Å². The Labute approximate surface area is 218 Å². The topological polar surface area (TPSA) is 71.0 Å². The van der Waals surface area contributed by atoms with Gasteiger partial charge in [0.05, 0.1) is 16.7 Å². The average molecular weight is 534 g/mol. The Morgan fingerprint density at radius 3 is 2.53 bits per heavy atom. The summed E-state index contributed by atoms with van der Waals surface area (Å²) >= 11 is 14.2. The zero-order valence-corrected chi connectivity index (χ0v) is 23.5. The van der Waals surface area contributed by atoms with Crippen molar-refractivity contribution in [2.75, 3.05) is 20.2 Å². The second kappa shape index (κ2) is 10.7. The molecular weight excluding hydrogens is 495 g/mol. The van der Waals surface area contributed by atoms with Gasteiger partial charge in [-0.1, -0.05) is 48.5 Å². The van der Waals surface area contributed by atoms with Crippen molar-refractivity contribution in [1.29, 1.82) is 0 Å². The highest BCUT2D eigenvalue weighted by Crippen LogP contribution is 2.48. The summed E-state index contributed by atoms with van der Waals surface area (Å²) in [5.74, 6) is 0.148. The van der Waals surface area contributed by atoms with Gasteiger partial charge in [-0.25, -0.2) is 0 Å². The minimum atomic E-state index is -0.740. The van der Waals surface area contributed by atoms with Gasteiger partial charge in [-0.15, -0.1) is 0 Å². The average Bonchev–Trinajstić information content (AvgIpc) is 3.26. The van der Waals surface area contributed by atoms with Gasteiger partial charge in [-0.3, -0.25) is 9.52 Å². The first-order valence-electron chi connectivity index (χ1n) is 11.9. The van der Waals surface area contributed by atoms with E-state index in [9.17, 15) is 9.90 Å². The zero-order chi connectivity index (χ0) is 25.4. The maximum atomic E-state index is 13.1. The van der Waals surface area contributed by atoms with Gasteiger partial charge in [0, 0.05) is 36.0 Å². The van der Waals surface area contributed by atoms with Crippen molar-refractivity contribution >= 4 is 41.1 Å². The molecule has 1 amide bonds. The van der Waals surface area contributed by atoms with Gasteiger partial charge in [0.15, 0.2) is 11.9 Å². The van der Waals surface area contributed by atoms with Crippen molar-refractivity contribution in [3.8, 4) is 5.75 Å². The van der Waals surface area contributed by atoms with E-state index in [1.54, 1.807) is 22.9 Å². The third-order valence-electron chi connectivity index (χ3n) is 6.64. The number of ether oxygens (including phenoxy) is 2. The quantitative estimate of drug-likeness (QED) is 0.416. The van der Waals surface area contributed by atoms with E-state index in [0.29, 0.717) is 22.5 Å². The molecule has 0 aromatic heterocycles. The van der Waals surface area contributed by atoms with Crippen molar-refractivity contribution in [2.24, 2.45) is 17.8 Å². The summed E-state index contributed by atoms with van der Waals surface area (Å²) in [6.07, 6.45) is 1.47. The summed E-state index contributed by atoms with van der Waals surface area (Å²) in [6, 6.07) is 3.12. The van der Waals surface area contributed by atoms with Crippen LogP contribution >= 0.6 is 35.1 Å². The number of hydrogen-bond donors (Lipinski definition) is 2. The van der Waals surface area contributed by atoms with Gasteiger partial charge in [0.1, 0.15) is 5.75 Å². The van der Waals surface area contributed by atoms with Crippen LogP contribution < -0.4 is 4.72 Å². The SMILES string of the molecule is CC1CCC(CN(C)C(=O)C2COC(C)(C)O2)C1C(NSC(C)(C)C)c1cc(Cl)c(Cl)cc1O. The number of phenols is 1. The molecule has 1 saturated heterocycles. The normalized spacial score (nSPS) is 27.7. The smallest absolute Gasteiger partial charge is 0.254 e. The third kappa shape index (κ3) is 6.74. The summed E-state index contributed by atoms with van der Waals surface area (Å²) in [5.41, 5.74) is 0.734. The van der Waals surface area contributed by atoms with E-state index in [0.717, 1.165) is 18.4 Å². The number of likely N-dealkylation sites (N-methyl/N-ethyl adjacent to an activating group) is 1. The minimum Gasteiger partial charge on any atom is -0.508 e. The van der Waals surface area contributed by atoms with E-state index < -0.39 is 11.9 Å². The van der Waals surface area contributed by atoms with E-state index >= 15 is 0 Å². The summed E-state index contributed by atoms with van der Waals surface area (Å²) in [4.78, 5) is 14.8. The Hall–Kier alpha value is -0.700. The molecule has 192 valence electrons. The molecular formula is C25H38Cl2N2O4S. The number of halogens is 2. The van der Waals surface area contributed by atoms with Crippen LogP contribution in [0.4, 0.5) is 0 Å². The third-order valence-corrected chi connectivity index (χ3v) is 8.35. The molecule has 1 aromatic carbocycles. The summed E-state index contributed by atoms with van der Waals surface area (Å²) in [5, 5.41) is 11.6. The van der Waals surface area contributed by atoms with Gasteiger partial charge < -0.3 is 19.5 Å². The van der Waals surface area contributed by atoms with E-state index in [2.05, 4.69) is 32.4 Å². The Morgan fingerprint density at radius 2 is 1.94 bits per heavy atom. The standard InChI is InChI=1S/C25H38Cl2N2O4S/c1-14-8-9-15(12-29(7)23(31)20-13-32-25(5,6)33-20)21(14)22(28-34-24(2,3)4)16-10-17(26)18(27)11-19(16)30/h10-11,14-15,20-22,28,30H,8-9,12-13H2,1-7H3. The number of hydrogen-bond acceptors (Lipinski definition) is 6. The Kier molecular flexibility index (Phi) is 8.80. The van der Waals surface area contributed by atoms with Crippen molar-refractivity contribution in [2.45, 2.75) is 77.1 Å². The van der Waals surface area contributed by atoms with Crippen LogP contribution in [-0.2, 0) is 14.3 Å². The van der Waals surface area contributed by atoms with Gasteiger partial charge in [0.25, 0.3) is 5.91 Å². The van der Waals surface area contributed by atoms with Gasteiger partial charge >= 0.3 is 0 Å². The second-order valence-electron chi connectivity index (χ2n) is 11.1. The molecule has 1 aromatic rings. The summed E-state index contributed by atoms with van der Waals surface area (Å²) < 4.78 is 15.0. The van der Waals surface area contributed by atoms with Crippen molar-refractivity contribution in [3.63, 3.8) is 0 Å². The fourth-order valence-electron chi connectivity index (χ4n) is 5.03. The number of phenolic OH excluding ortho intramolecular Hbond substituents is 1. The molecule has 0 radical (unpaired) electrons. The molecule has 34 heavy (non-hydrogen) atoms. The van der Waals surface area contributed by atoms with E-state index in [1.165, 1.54) is 6.07 Å². The van der Waals surface area contributed by atoms with Crippen molar-refractivity contribution in [1.82, 2.24) is 9.62 Å². The van der Waals surface area contributed by atoms with Crippen LogP contribution in [0.3, 0.4) is 0 Å². The number of rotatable bonds is 7. The first-order valence-corrected chi connectivity index (χ1v) is 13.4. The molecule has 2 fully saturated rings. The van der Waals surface area contributed by atoms with Crippen LogP contribution in [0, 0.1) is 17.8 Å². The molecule has 9 heteroatoms. The van der Waals surface area contributed by atoms with E-state index in [1.807, 2.05) is 20.9 Å². The lowest BCUT2D eigenvalue weighted by Gasteiger charge is -2.36. The van der Waals surface area contributed by atoms with Crippen LogP contribution in [0.1, 0.15) is 66.0 Å². The predicted molar refractivity (Wildman–Crippen MR) is 139 cm³/mol. The maximum absolute atomic E-state index is 13.1. The molecule has 3 rings (SSSR count). The molecule has 6 nitrogen and oxygen atoms in total. The number of nitrogens with zero attached hydrogens (tertiary/aromatic N) is 1. The zero-order valence-electron chi connectivity index (χ0n) is 21.2. The summed E-state index contributed by atoms with van der Waals surface area (Å²) in [7, 11) is 1.83. The predicted octanol–water partition coefficient (Wildman–Crippen LogP) is 6.05. The van der Waals surface area contributed by atoms with Crippen LogP contribution in [0.5, 0.6) is 5.75 Å². The van der Waals surface area contributed by atoms with Gasteiger partial charge in [-0.2, -0.15) is 0 Å². The largest absolute Gasteiger partial charge is 0.508 e. The molecule has 1 heterocycles. The fourth-order valence-corrected chi connectivity index (χ4v) is 6.12. The summed E-state index contributed by atoms with van der Waals surface area (Å²) in [6.45, 7) is 13.2. The Morgan fingerprint density at radius 1 is 1.29 bits per heavy atom. The van der Waals surface area contributed by atoms with Crippen molar-refractivity contribution in [3.05, 3.63) is 27.7 Å². The van der Waals surface area contributed by atoms with Crippen LogP contribution in [0.15, 0.2) is 12.1 Å². The Balaban J connectivity index is 1.85. The van der Waals surface area contributed by atoms with Crippen molar-refractivity contribution < 1.29 is 19.4 Å². The lowest BCUT2D eigenvalue weighted by molar-refractivity contribution is -0.159. The van der Waals surface area contributed by atoms with Gasteiger partial charge in [0.2, 0.25) is 0 Å². The first kappa shape index (κ1) is 27.9. The second-order valence-corrected chi connectivity index (χ2v) is 13.5. The Bertz CT molecular complexity index is 892. The van der Waals surface area contributed by atoms with E-state index in [-0.39, 0.29) is 40.9 Å². The van der Waals surface area contributed by atoms with Crippen LogP contribution in [0.25, 0.3) is 0 Å². The van der Waals surface area contributed by atoms with E-state index in [4.69, 9.17) is 32.7 Å². The lowest BCUT2D eigenvalue weighted by Crippen LogP contribution is -2.43. The number of amides is 1. The van der Waals surface area contributed by atoms with Gasteiger partial charge in [-0.05, 0) is 64.9 Å². The van der Waals surface area contributed by atoms with Crippen LogP contribution in [-0.4, -0.2) is 52.8 Å². The molecule has 1 aliphatic heterocycles.